The molecule has 0 aliphatic rings. The van der Waals surface area contributed by atoms with E-state index in [0.717, 1.165) is 115 Å². The SMILES string of the molecule is CCCCCC/C=C\C=C/CCCCCCCC(=O)OC[C@H](COP(=O)(O)OC[C@@H](O)COP(=O)(O)OC[C@@H](COC(=O)CCCCCCCCCCCC)OC(=O)CCCCCCCCCCC(C)C)OC(=O)CCCCCCCCCCCCCCCCCCCCC(C)CC. The molecule has 17 nitrogen and oxygen atoms in total. The second-order valence-electron chi connectivity index (χ2n) is 28.5. The number of unbranched alkanes of at least 4 members (excludes halogenated alkanes) is 42. The van der Waals surface area contributed by atoms with Crippen LogP contribution in [0.5, 0.6) is 0 Å². The van der Waals surface area contributed by atoms with Crippen molar-refractivity contribution >= 4 is 39.5 Å². The first-order valence-electron chi connectivity index (χ1n) is 40.3. The van der Waals surface area contributed by atoms with Crippen LogP contribution in [-0.4, -0.2) is 96.7 Å². The Morgan fingerprint density at radius 2 is 0.602 bits per heavy atom. The minimum Gasteiger partial charge on any atom is -0.462 e. The monoisotopic (exact) mass is 1430 g/mol. The summed E-state index contributed by atoms with van der Waals surface area (Å²) < 4.78 is 68.5. The van der Waals surface area contributed by atoms with E-state index in [9.17, 15) is 43.2 Å². The van der Waals surface area contributed by atoms with E-state index in [0.29, 0.717) is 31.6 Å². The smallest absolute Gasteiger partial charge is 0.462 e. The summed E-state index contributed by atoms with van der Waals surface area (Å²) in [7, 11) is -9.92. The lowest BCUT2D eigenvalue weighted by molar-refractivity contribution is -0.161. The van der Waals surface area contributed by atoms with Crippen molar-refractivity contribution in [3.63, 3.8) is 0 Å². The maximum absolute atomic E-state index is 13.1. The summed E-state index contributed by atoms with van der Waals surface area (Å²) in [6.07, 6.45) is 61.9. The zero-order valence-corrected chi connectivity index (χ0v) is 65.4. The van der Waals surface area contributed by atoms with E-state index in [-0.39, 0.29) is 25.7 Å². The Kier molecular flexibility index (Phi) is 68.5. The van der Waals surface area contributed by atoms with Gasteiger partial charge in [-0.15, -0.1) is 0 Å². The van der Waals surface area contributed by atoms with Crippen LogP contribution < -0.4 is 0 Å². The van der Waals surface area contributed by atoms with Gasteiger partial charge < -0.3 is 33.8 Å². The first-order chi connectivity index (χ1) is 47.4. The molecule has 6 atom stereocenters. The second-order valence-corrected chi connectivity index (χ2v) is 31.4. The highest BCUT2D eigenvalue weighted by Gasteiger charge is 2.30. The lowest BCUT2D eigenvalue weighted by Crippen LogP contribution is -2.30. The fourth-order valence-electron chi connectivity index (χ4n) is 11.6. The summed E-state index contributed by atoms with van der Waals surface area (Å²) in [6.45, 7) is 9.56. The number of hydrogen-bond donors (Lipinski definition) is 3. The number of phosphoric ester groups is 2. The quantitative estimate of drug-likeness (QED) is 0.0169. The summed E-state index contributed by atoms with van der Waals surface area (Å²) in [4.78, 5) is 72.8. The van der Waals surface area contributed by atoms with Gasteiger partial charge in [-0.3, -0.25) is 37.3 Å². The lowest BCUT2D eigenvalue weighted by atomic mass is 9.99. The van der Waals surface area contributed by atoms with Gasteiger partial charge >= 0.3 is 39.5 Å². The Balaban J connectivity index is 5.23. The van der Waals surface area contributed by atoms with Crippen molar-refractivity contribution in [3.8, 4) is 0 Å². The molecular weight excluding hydrogens is 1280 g/mol. The minimum absolute atomic E-state index is 0.101. The third-order valence-electron chi connectivity index (χ3n) is 18.2. The molecule has 98 heavy (non-hydrogen) atoms. The van der Waals surface area contributed by atoms with E-state index in [1.165, 1.54) is 186 Å². The molecule has 0 aliphatic carbocycles. The lowest BCUT2D eigenvalue weighted by Gasteiger charge is -2.21. The highest BCUT2D eigenvalue weighted by molar-refractivity contribution is 7.47. The van der Waals surface area contributed by atoms with Gasteiger partial charge in [0.05, 0.1) is 26.4 Å². The number of aliphatic hydroxyl groups excluding tert-OH is 1. The number of rotatable bonds is 76. The van der Waals surface area contributed by atoms with Crippen LogP contribution in [0.1, 0.15) is 388 Å². The van der Waals surface area contributed by atoms with Crippen LogP contribution in [0.15, 0.2) is 24.3 Å². The molecule has 578 valence electrons. The molecule has 0 heterocycles. The van der Waals surface area contributed by atoms with E-state index in [1.807, 2.05) is 0 Å². The highest BCUT2D eigenvalue weighted by Crippen LogP contribution is 2.45. The normalized spacial score (nSPS) is 14.4. The number of esters is 4. The second kappa shape index (κ2) is 70.2. The Hall–Kier alpha value is -2.46. The summed E-state index contributed by atoms with van der Waals surface area (Å²) in [6, 6.07) is 0. The van der Waals surface area contributed by atoms with Gasteiger partial charge in [0.2, 0.25) is 0 Å². The van der Waals surface area contributed by atoms with Crippen molar-refractivity contribution in [2.24, 2.45) is 11.8 Å². The van der Waals surface area contributed by atoms with Gasteiger partial charge in [-0.25, -0.2) is 9.13 Å². The van der Waals surface area contributed by atoms with Gasteiger partial charge in [-0.1, -0.05) is 336 Å². The van der Waals surface area contributed by atoms with Gasteiger partial charge in [0.15, 0.2) is 12.2 Å². The van der Waals surface area contributed by atoms with Crippen LogP contribution in [0.4, 0.5) is 0 Å². The number of carbonyl (C=O) groups excluding carboxylic acids is 4. The van der Waals surface area contributed by atoms with E-state index >= 15 is 0 Å². The van der Waals surface area contributed by atoms with Gasteiger partial charge in [-0.05, 0) is 63.2 Å². The summed E-state index contributed by atoms with van der Waals surface area (Å²) in [5.41, 5.74) is 0. The number of allylic oxidation sites excluding steroid dienone is 4. The van der Waals surface area contributed by atoms with Crippen molar-refractivity contribution < 1.29 is 80.2 Å². The topological polar surface area (TPSA) is 237 Å². The van der Waals surface area contributed by atoms with Crippen molar-refractivity contribution in [2.45, 2.75) is 407 Å². The maximum atomic E-state index is 13.1. The third-order valence-corrected chi connectivity index (χ3v) is 20.1. The van der Waals surface area contributed by atoms with Crippen molar-refractivity contribution in [1.29, 1.82) is 0 Å². The molecule has 0 aromatic heterocycles. The van der Waals surface area contributed by atoms with Crippen molar-refractivity contribution in [3.05, 3.63) is 24.3 Å². The molecule has 0 spiro atoms. The van der Waals surface area contributed by atoms with Crippen LogP contribution >= 0.6 is 15.6 Å². The fraction of sp³-hybridized carbons (Fsp3) is 0.899. The molecule has 0 saturated heterocycles. The number of hydrogen-bond acceptors (Lipinski definition) is 15. The van der Waals surface area contributed by atoms with Crippen LogP contribution in [0, 0.1) is 11.8 Å². The Morgan fingerprint density at radius 3 is 0.918 bits per heavy atom. The Morgan fingerprint density at radius 1 is 0.337 bits per heavy atom. The van der Waals surface area contributed by atoms with Gasteiger partial charge in [-0.2, -0.15) is 0 Å². The molecule has 0 bridgehead atoms. The number of phosphoric acid groups is 2. The van der Waals surface area contributed by atoms with Crippen molar-refractivity contribution in [1.82, 2.24) is 0 Å². The molecule has 0 fully saturated rings. The predicted octanol–water partition coefficient (Wildman–Crippen LogP) is 23.1. The van der Waals surface area contributed by atoms with Crippen LogP contribution in [0.2, 0.25) is 0 Å². The highest BCUT2D eigenvalue weighted by atomic mass is 31.2. The third kappa shape index (κ3) is 70.6. The number of carbonyl (C=O) groups is 4. The molecule has 0 aliphatic heterocycles. The average Bonchev–Trinajstić information content (AvgIpc) is 1.01. The predicted molar refractivity (Wildman–Crippen MR) is 400 cm³/mol. The van der Waals surface area contributed by atoms with Crippen LogP contribution in [0.3, 0.4) is 0 Å². The first kappa shape index (κ1) is 95.5. The number of aliphatic hydroxyl groups is 1. The van der Waals surface area contributed by atoms with Gasteiger partial charge in [0.1, 0.15) is 19.3 Å². The maximum Gasteiger partial charge on any atom is 0.472 e. The fourth-order valence-corrected chi connectivity index (χ4v) is 13.2. The van der Waals surface area contributed by atoms with E-state index < -0.39 is 97.5 Å². The first-order valence-corrected chi connectivity index (χ1v) is 43.3. The van der Waals surface area contributed by atoms with E-state index in [1.54, 1.807) is 0 Å². The standard InChI is InChI=1S/C79H150O17P2/c1-7-10-12-14-16-18-20-21-26-30-33-37-44-50-56-62-77(82)90-67-74(95-78(83)63-57-51-45-38-34-31-28-25-23-22-24-27-29-32-35-42-48-54-60-72(6)9-3)69-93-97(85,86)91-65-73(80)66-92-98(87,88)94-70-75(68-89-76(81)61-55-49-43-36-19-17-15-13-11-8-2)96-79(84)64-58-52-46-40-39-41-47-53-59-71(4)5/h18,20-21,26,71-75,80H,7-17,19,22-25,27-70H2,1-6H3,(H,85,86)(H,87,88)/b20-18-,26-21-/t72?,73-,74-,75-/m1/s1. The molecule has 0 rings (SSSR count). The molecule has 3 unspecified atom stereocenters. The van der Waals surface area contributed by atoms with Crippen molar-refractivity contribution in [2.75, 3.05) is 39.6 Å². The average molecular weight is 1430 g/mol. The Labute approximate surface area is 599 Å². The Bertz CT molecular complexity index is 1990. The number of ether oxygens (including phenoxy) is 4. The molecule has 0 amide bonds. The zero-order valence-electron chi connectivity index (χ0n) is 63.6. The largest absolute Gasteiger partial charge is 0.472 e. The molecule has 0 aromatic rings. The van der Waals surface area contributed by atoms with Gasteiger partial charge in [0, 0.05) is 25.7 Å². The van der Waals surface area contributed by atoms with Gasteiger partial charge in [0.25, 0.3) is 0 Å². The summed E-state index contributed by atoms with van der Waals surface area (Å²) in [5, 5.41) is 10.6. The van der Waals surface area contributed by atoms with E-state index in [4.69, 9.17) is 37.0 Å². The molecule has 3 N–H and O–H groups in total. The molecule has 19 heteroatoms. The minimum atomic E-state index is -4.97. The molecule has 0 aromatic carbocycles. The van der Waals surface area contributed by atoms with Crippen LogP contribution in [-0.2, 0) is 65.4 Å². The molecule has 0 saturated carbocycles. The summed E-state index contributed by atoms with van der Waals surface area (Å²) >= 11 is 0. The molecular formula is C79H150O17P2. The summed E-state index contributed by atoms with van der Waals surface area (Å²) in [5.74, 6) is -0.559. The zero-order chi connectivity index (χ0) is 72.1. The molecule has 0 radical (unpaired) electrons. The van der Waals surface area contributed by atoms with E-state index in [2.05, 4.69) is 65.8 Å². The van der Waals surface area contributed by atoms with Crippen LogP contribution in [0.25, 0.3) is 0 Å².